The number of rotatable bonds is 8. The standard InChI is InChI=1S/C26H29N7O3/c1-4-5-10-15-32-26(36)19-12-7-6-11-18(19)22(31-32)25(35)30-29-24(34)20-16-28-33(23(20)17(2)3)21-13-8-9-14-27-21/h6-9,11-14,16-17H,4-5,10,15H2,1-3H3,(H,29,34)(H,30,35). The van der Waals surface area contributed by atoms with Gasteiger partial charge in [-0.3, -0.25) is 25.2 Å². The zero-order valence-corrected chi connectivity index (χ0v) is 20.6. The minimum Gasteiger partial charge on any atom is -0.267 e. The summed E-state index contributed by atoms with van der Waals surface area (Å²) in [7, 11) is 0. The van der Waals surface area contributed by atoms with Crippen molar-refractivity contribution in [3.05, 3.63) is 82.2 Å². The van der Waals surface area contributed by atoms with Crippen molar-refractivity contribution >= 4 is 22.6 Å². The number of pyridine rings is 1. The van der Waals surface area contributed by atoms with Crippen LogP contribution in [0.15, 0.2) is 59.7 Å². The summed E-state index contributed by atoms with van der Waals surface area (Å²) in [6.07, 6.45) is 5.82. The van der Waals surface area contributed by atoms with Gasteiger partial charge in [-0.1, -0.05) is 57.9 Å². The van der Waals surface area contributed by atoms with E-state index in [1.54, 1.807) is 47.3 Å². The van der Waals surface area contributed by atoms with Crippen molar-refractivity contribution in [2.24, 2.45) is 0 Å². The van der Waals surface area contributed by atoms with Crippen LogP contribution in [-0.4, -0.2) is 36.4 Å². The van der Waals surface area contributed by atoms with Crippen molar-refractivity contribution in [1.82, 2.24) is 35.4 Å². The van der Waals surface area contributed by atoms with E-state index in [1.165, 1.54) is 10.9 Å². The predicted octanol–water partition coefficient (Wildman–Crippen LogP) is 3.37. The fourth-order valence-corrected chi connectivity index (χ4v) is 4.06. The Labute approximate surface area is 208 Å². The van der Waals surface area contributed by atoms with Crippen molar-refractivity contribution in [1.29, 1.82) is 0 Å². The molecule has 2 N–H and O–H groups in total. The molecule has 4 rings (SSSR count). The van der Waals surface area contributed by atoms with Gasteiger partial charge in [0, 0.05) is 18.1 Å². The molecule has 0 saturated carbocycles. The molecule has 0 fully saturated rings. The molecule has 0 bridgehead atoms. The molecule has 10 heteroatoms. The first kappa shape index (κ1) is 24.8. The largest absolute Gasteiger partial charge is 0.290 e. The summed E-state index contributed by atoms with van der Waals surface area (Å²) in [5, 5.41) is 9.50. The van der Waals surface area contributed by atoms with Crippen molar-refractivity contribution in [3.8, 4) is 5.82 Å². The Bertz CT molecular complexity index is 1440. The molecule has 0 aliphatic heterocycles. The SMILES string of the molecule is CCCCCn1nc(C(=O)NNC(=O)c2cnn(-c3ccccn3)c2C(C)C)c2ccccc2c1=O. The van der Waals surface area contributed by atoms with Crippen LogP contribution in [0.25, 0.3) is 16.6 Å². The average Bonchev–Trinajstić information content (AvgIpc) is 3.35. The first-order chi connectivity index (χ1) is 17.4. The Kier molecular flexibility index (Phi) is 7.53. The van der Waals surface area contributed by atoms with Gasteiger partial charge >= 0.3 is 0 Å². The maximum absolute atomic E-state index is 13.1. The van der Waals surface area contributed by atoms with Gasteiger partial charge in [-0.2, -0.15) is 10.2 Å². The van der Waals surface area contributed by atoms with E-state index in [-0.39, 0.29) is 17.2 Å². The van der Waals surface area contributed by atoms with Gasteiger partial charge in [-0.05, 0) is 30.5 Å². The number of hydrogen-bond donors (Lipinski definition) is 2. The average molecular weight is 488 g/mol. The topological polar surface area (TPSA) is 124 Å². The highest BCUT2D eigenvalue weighted by Crippen LogP contribution is 2.22. The molecule has 0 aliphatic carbocycles. The summed E-state index contributed by atoms with van der Waals surface area (Å²) in [6.45, 7) is 6.38. The number of unbranched alkanes of at least 4 members (excludes halogenated alkanes) is 2. The van der Waals surface area contributed by atoms with Gasteiger partial charge in [0.05, 0.1) is 22.8 Å². The van der Waals surface area contributed by atoms with Crippen LogP contribution in [0.4, 0.5) is 0 Å². The van der Waals surface area contributed by atoms with Gasteiger partial charge in [-0.15, -0.1) is 0 Å². The van der Waals surface area contributed by atoms with Crippen LogP contribution in [-0.2, 0) is 6.54 Å². The summed E-state index contributed by atoms with van der Waals surface area (Å²) in [6, 6.07) is 12.3. The summed E-state index contributed by atoms with van der Waals surface area (Å²) < 4.78 is 2.94. The molecular weight excluding hydrogens is 458 g/mol. The monoisotopic (exact) mass is 487 g/mol. The minimum absolute atomic E-state index is 0.0387. The molecule has 10 nitrogen and oxygen atoms in total. The summed E-state index contributed by atoms with van der Waals surface area (Å²) in [5.41, 5.74) is 5.72. The van der Waals surface area contributed by atoms with E-state index in [9.17, 15) is 14.4 Å². The number of carbonyl (C=O) groups is 2. The summed E-state index contributed by atoms with van der Waals surface area (Å²) >= 11 is 0. The van der Waals surface area contributed by atoms with Crippen molar-refractivity contribution in [2.45, 2.75) is 52.5 Å². The third kappa shape index (κ3) is 5.02. The maximum atomic E-state index is 13.1. The van der Waals surface area contributed by atoms with Gasteiger partial charge in [0.25, 0.3) is 17.4 Å². The number of aromatic nitrogens is 5. The molecule has 1 aromatic carbocycles. The summed E-state index contributed by atoms with van der Waals surface area (Å²) in [5.74, 6) is -0.588. The highest BCUT2D eigenvalue weighted by atomic mass is 16.2. The molecule has 3 aromatic heterocycles. The Morgan fingerprint density at radius 3 is 2.39 bits per heavy atom. The molecule has 36 heavy (non-hydrogen) atoms. The third-order valence-electron chi connectivity index (χ3n) is 5.81. The second kappa shape index (κ2) is 10.9. The van der Waals surface area contributed by atoms with E-state index >= 15 is 0 Å². The first-order valence-electron chi connectivity index (χ1n) is 12.0. The zero-order valence-electron chi connectivity index (χ0n) is 20.6. The molecule has 0 radical (unpaired) electrons. The molecule has 0 unspecified atom stereocenters. The lowest BCUT2D eigenvalue weighted by Gasteiger charge is -2.13. The molecule has 0 saturated heterocycles. The first-order valence-corrected chi connectivity index (χ1v) is 12.0. The van der Waals surface area contributed by atoms with Gasteiger partial charge in [0.15, 0.2) is 11.5 Å². The number of carbonyl (C=O) groups excluding carboxylic acids is 2. The number of nitrogens with one attached hydrogen (secondary N) is 2. The van der Waals surface area contributed by atoms with E-state index in [1.807, 2.05) is 19.9 Å². The second-order valence-corrected chi connectivity index (χ2v) is 8.74. The van der Waals surface area contributed by atoms with Crippen LogP contribution in [0.5, 0.6) is 0 Å². The number of benzene rings is 1. The molecule has 4 aromatic rings. The predicted molar refractivity (Wildman–Crippen MR) is 136 cm³/mol. The fourth-order valence-electron chi connectivity index (χ4n) is 4.06. The number of fused-ring (bicyclic) bond motifs is 1. The number of hydrazine groups is 1. The lowest BCUT2D eigenvalue weighted by Crippen LogP contribution is -2.43. The molecule has 0 spiro atoms. The van der Waals surface area contributed by atoms with E-state index in [2.05, 4.69) is 33.0 Å². The van der Waals surface area contributed by atoms with Crippen LogP contribution >= 0.6 is 0 Å². The van der Waals surface area contributed by atoms with Crippen LogP contribution in [0.1, 0.15) is 72.5 Å². The van der Waals surface area contributed by atoms with Gasteiger partial charge < -0.3 is 0 Å². The smallest absolute Gasteiger partial charge is 0.267 e. The molecule has 2 amide bonds. The number of hydrogen-bond acceptors (Lipinski definition) is 6. The fraction of sp³-hybridized carbons (Fsp3) is 0.308. The van der Waals surface area contributed by atoms with Gasteiger partial charge in [0.1, 0.15) is 0 Å². The van der Waals surface area contributed by atoms with Gasteiger partial charge in [-0.25, -0.2) is 14.3 Å². The molecular formula is C26H29N7O3. The Morgan fingerprint density at radius 2 is 1.69 bits per heavy atom. The van der Waals surface area contributed by atoms with Crippen LogP contribution in [0, 0.1) is 0 Å². The highest BCUT2D eigenvalue weighted by molar-refractivity contribution is 6.06. The Morgan fingerprint density at radius 1 is 0.972 bits per heavy atom. The molecule has 0 aliphatic rings. The number of aryl methyl sites for hydroxylation is 1. The van der Waals surface area contributed by atoms with E-state index in [0.717, 1.165) is 19.3 Å². The zero-order chi connectivity index (χ0) is 25.7. The van der Waals surface area contributed by atoms with Crippen LogP contribution < -0.4 is 16.4 Å². The maximum Gasteiger partial charge on any atom is 0.290 e. The second-order valence-electron chi connectivity index (χ2n) is 8.74. The van der Waals surface area contributed by atoms with Crippen LogP contribution in [0.3, 0.4) is 0 Å². The normalized spacial score (nSPS) is 11.1. The van der Waals surface area contributed by atoms with Crippen LogP contribution in [0.2, 0.25) is 0 Å². The van der Waals surface area contributed by atoms with E-state index < -0.39 is 11.8 Å². The molecule has 0 atom stereocenters. The summed E-state index contributed by atoms with van der Waals surface area (Å²) in [4.78, 5) is 43.3. The molecule has 186 valence electrons. The minimum atomic E-state index is -0.619. The van der Waals surface area contributed by atoms with E-state index in [4.69, 9.17) is 0 Å². The van der Waals surface area contributed by atoms with Gasteiger partial charge in [0.2, 0.25) is 0 Å². The van der Waals surface area contributed by atoms with E-state index in [0.29, 0.717) is 34.4 Å². The Hall–Kier alpha value is -4.34. The van der Waals surface area contributed by atoms with Crippen molar-refractivity contribution in [3.63, 3.8) is 0 Å². The number of nitrogens with zero attached hydrogens (tertiary/aromatic N) is 5. The van der Waals surface area contributed by atoms with Crippen molar-refractivity contribution in [2.75, 3.05) is 0 Å². The van der Waals surface area contributed by atoms with Crippen molar-refractivity contribution < 1.29 is 9.59 Å². The third-order valence-corrected chi connectivity index (χ3v) is 5.81. The highest BCUT2D eigenvalue weighted by Gasteiger charge is 2.23. The quantitative estimate of drug-likeness (QED) is 0.290. The molecule has 3 heterocycles. The Balaban J connectivity index is 1.59. The lowest BCUT2D eigenvalue weighted by atomic mass is 10.1. The lowest BCUT2D eigenvalue weighted by molar-refractivity contribution is 0.0843. The number of amides is 2.